The number of nitrogens with two attached hydrogens (primary N) is 1. The van der Waals surface area contributed by atoms with Gasteiger partial charge >= 0.3 is 0 Å². The zero-order chi connectivity index (χ0) is 28.5. The average Bonchev–Trinajstić information content (AvgIpc) is 3.65. The second kappa shape index (κ2) is 9.35. The van der Waals surface area contributed by atoms with E-state index in [1.54, 1.807) is 0 Å². The van der Waals surface area contributed by atoms with Crippen LogP contribution in [0.25, 0.3) is 22.4 Å². The highest BCUT2D eigenvalue weighted by Gasteiger charge is 2.44. The van der Waals surface area contributed by atoms with Gasteiger partial charge in [-0.25, -0.2) is 4.98 Å². The summed E-state index contributed by atoms with van der Waals surface area (Å²) < 4.78 is 2.16. The molecule has 7 rings (SSSR count). The summed E-state index contributed by atoms with van der Waals surface area (Å²) in [6, 6.07) is 23.3. The number of rotatable bonds is 5. The van der Waals surface area contributed by atoms with Crippen molar-refractivity contribution in [1.82, 2.24) is 9.55 Å². The molecule has 7 heteroatoms. The van der Waals surface area contributed by atoms with E-state index >= 15 is 0 Å². The third kappa shape index (κ3) is 4.66. The fourth-order valence-corrected chi connectivity index (χ4v) is 7.53. The van der Waals surface area contributed by atoms with Crippen molar-refractivity contribution >= 4 is 34.0 Å². The van der Waals surface area contributed by atoms with Crippen LogP contribution in [0, 0.1) is 0 Å². The van der Waals surface area contributed by atoms with E-state index in [1.165, 1.54) is 12.8 Å². The number of fused-ring (bicyclic) bond motifs is 5. The zero-order valence-electron chi connectivity index (χ0n) is 24.4. The number of hydrogen-bond acceptors (Lipinski definition) is 5. The minimum absolute atomic E-state index is 0.0209. The number of carbonyl (C=O) groups is 1. The first-order valence-electron chi connectivity index (χ1n) is 14.9. The van der Waals surface area contributed by atoms with Crippen LogP contribution >= 0.6 is 0 Å². The standard InChI is InChI=1S/C34H40N6O/c1-33(2)19-22(35)20-34(3,4)40(33)25-13-15-29-28(18-25)37-31-26-17-24(36-23-10-11-23)12-14-27(26)38-32(41)30(39(29)31)16-21-8-6-5-7-9-21/h5-9,12-15,17-18,22-23,30,36H,10-11,16,19-20,35H2,1-4H3,(H,38,41). The lowest BCUT2D eigenvalue weighted by Crippen LogP contribution is -2.63. The molecule has 1 aliphatic carbocycles. The van der Waals surface area contributed by atoms with Crippen molar-refractivity contribution in [3.63, 3.8) is 0 Å². The molecule has 3 aliphatic rings. The topological polar surface area (TPSA) is 88.2 Å². The molecule has 0 bridgehead atoms. The van der Waals surface area contributed by atoms with Crippen LogP contribution in [0.4, 0.5) is 17.1 Å². The monoisotopic (exact) mass is 548 g/mol. The van der Waals surface area contributed by atoms with Crippen LogP contribution < -0.4 is 21.3 Å². The Balaban J connectivity index is 1.40. The molecule has 1 aromatic heterocycles. The maximum atomic E-state index is 13.9. The summed E-state index contributed by atoms with van der Waals surface area (Å²) in [5.74, 6) is 0.803. The molecule has 0 radical (unpaired) electrons. The van der Waals surface area contributed by atoms with Crippen LogP contribution in [-0.2, 0) is 11.2 Å². The zero-order valence-corrected chi connectivity index (χ0v) is 24.4. The maximum absolute atomic E-state index is 13.9. The Morgan fingerprint density at radius 1 is 0.976 bits per heavy atom. The summed E-state index contributed by atoms with van der Waals surface area (Å²) in [4.78, 5) is 21.7. The molecule has 1 atom stereocenters. The fourth-order valence-electron chi connectivity index (χ4n) is 7.53. The molecule has 1 saturated heterocycles. The Morgan fingerprint density at radius 2 is 1.71 bits per heavy atom. The number of imidazole rings is 1. The number of benzene rings is 3. The molecule has 3 aromatic carbocycles. The SMILES string of the molecule is CC1(C)CC(N)CC(C)(C)N1c1ccc2c(c1)nc1n2C(Cc2ccccc2)C(=O)Nc2ccc(NC3CC3)cc2-1. The lowest BCUT2D eigenvalue weighted by molar-refractivity contribution is -0.119. The van der Waals surface area contributed by atoms with Crippen molar-refractivity contribution in [3.8, 4) is 11.4 Å². The highest BCUT2D eigenvalue weighted by Crippen LogP contribution is 2.44. The predicted molar refractivity (Wildman–Crippen MR) is 167 cm³/mol. The van der Waals surface area contributed by atoms with Crippen molar-refractivity contribution in [3.05, 3.63) is 72.3 Å². The number of aromatic nitrogens is 2. The lowest BCUT2D eigenvalue weighted by atomic mass is 9.77. The summed E-state index contributed by atoms with van der Waals surface area (Å²) >= 11 is 0. The molecule has 0 spiro atoms. The minimum Gasteiger partial charge on any atom is -0.382 e. The summed E-state index contributed by atoms with van der Waals surface area (Å²) in [6.07, 6.45) is 4.83. The summed E-state index contributed by atoms with van der Waals surface area (Å²) in [5, 5.41) is 6.85. The molecular weight excluding hydrogens is 508 g/mol. The van der Waals surface area contributed by atoms with Gasteiger partial charge in [-0.2, -0.15) is 0 Å². The molecule has 41 heavy (non-hydrogen) atoms. The van der Waals surface area contributed by atoms with E-state index in [0.717, 1.165) is 57.9 Å². The van der Waals surface area contributed by atoms with E-state index in [1.807, 2.05) is 24.3 Å². The highest BCUT2D eigenvalue weighted by atomic mass is 16.2. The van der Waals surface area contributed by atoms with Crippen molar-refractivity contribution in [2.24, 2.45) is 5.73 Å². The van der Waals surface area contributed by atoms with Gasteiger partial charge in [-0.15, -0.1) is 0 Å². The Hall–Kier alpha value is -3.84. The van der Waals surface area contributed by atoms with Crippen LogP contribution in [0.1, 0.15) is 65.0 Å². The number of piperidine rings is 1. The van der Waals surface area contributed by atoms with Crippen LogP contribution in [0.3, 0.4) is 0 Å². The maximum Gasteiger partial charge on any atom is 0.247 e. The first-order valence-corrected chi connectivity index (χ1v) is 14.9. The summed E-state index contributed by atoms with van der Waals surface area (Å²) in [6.45, 7) is 9.13. The van der Waals surface area contributed by atoms with Gasteiger partial charge in [0.1, 0.15) is 11.9 Å². The van der Waals surface area contributed by atoms with E-state index < -0.39 is 6.04 Å². The third-order valence-corrected chi connectivity index (χ3v) is 9.02. The van der Waals surface area contributed by atoms with Crippen molar-refractivity contribution < 1.29 is 4.79 Å². The quantitative estimate of drug-likeness (QED) is 0.265. The van der Waals surface area contributed by atoms with Crippen molar-refractivity contribution in [2.45, 2.75) is 89.0 Å². The van der Waals surface area contributed by atoms with Crippen molar-refractivity contribution in [2.75, 3.05) is 15.5 Å². The van der Waals surface area contributed by atoms with Gasteiger partial charge in [0.15, 0.2) is 0 Å². The van der Waals surface area contributed by atoms with Crippen LogP contribution in [0.5, 0.6) is 0 Å². The molecule has 4 N–H and O–H groups in total. The molecule has 4 aromatic rings. The Kier molecular flexibility index (Phi) is 5.95. The Labute approximate surface area is 242 Å². The van der Waals surface area contributed by atoms with Crippen molar-refractivity contribution in [1.29, 1.82) is 0 Å². The Bertz CT molecular complexity index is 1620. The first kappa shape index (κ1) is 26.1. The molecule has 2 aliphatic heterocycles. The molecule has 1 saturated carbocycles. The second-order valence-corrected chi connectivity index (χ2v) is 13.5. The van der Waals surface area contributed by atoms with Gasteiger partial charge in [0.05, 0.1) is 16.7 Å². The largest absolute Gasteiger partial charge is 0.382 e. The molecule has 3 heterocycles. The number of nitrogens with one attached hydrogen (secondary N) is 2. The molecular formula is C34H40N6O. The fraction of sp³-hybridized carbons (Fsp3) is 0.412. The molecule has 7 nitrogen and oxygen atoms in total. The van der Waals surface area contributed by atoms with E-state index in [2.05, 4.69) is 90.3 Å². The van der Waals surface area contributed by atoms with Gasteiger partial charge in [0, 0.05) is 46.5 Å². The third-order valence-electron chi connectivity index (χ3n) is 9.02. The van der Waals surface area contributed by atoms with Gasteiger partial charge in [0.25, 0.3) is 0 Å². The number of nitrogens with zero attached hydrogens (tertiary/aromatic N) is 3. The van der Waals surface area contributed by atoms with E-state index in [-0.39, 0.29) is 23.0 Å². The normalized spacial score (nSPS) is 21.6. The minimum atomic E-state index is -0.434. The second-order valence-electron chi connectivity index (χ2n) is 13.5. The highest BCUT2D eigenvalue weighted by molar-refractivity contribution is 6.02. The Morgan fingerprint density at radius 3 is 2.41 bits per heavy atom. The molecule has 1 unspecified atom stereocenters. The van der Waals surface area contributed by atoms with Crippen LogP contribution in [-0.4, -0.2) is 38.6 Å². The van der Waals surface area contributed by atoms with Gasteiger partial charge in [-0.05, 0) is 95.3 Å². The predicted octanol–water partition coefficient (Wildman–Crippen LogP) is 6.50. The number of amides is 1. The summed E-state index contributed by atoms with van der Waals surface area (Å²) in [7, 11) is 0. The first-order chi connectivity index (χ1) is 19.6. The lowest BCUT2D eigenvalue weighted by Gasteiger charge is -2.56. The van der Waals surface area contributed by atoms with Gasteiger partial charge < -0.3 is 25.8 Å². The molecule has 1 amide bonds. The van der Waals surface area contributed by atoms with Gasteiger partial charge in [0.2, 0.25) is 5.91 Å². The number of carbonyl (C=O) groups excluding carboxylic acids is 1. The van der Waals surface area contributed by atoms with E-state index in [0.29, 0.717) is 12.5 Å². The average molecular weight is 549 g/mol. The van der Waals surface area contributed by atoms with Gasteiger partial charge in [-0.3, -0.25) is 4.79 Å². The smallest absolute Gasteiger partial charge is 0.247 e. The number of hydrogen-bond donors (Lipinski definition) is 3. The summed E-state index contributed by atoms with van der Waals surface area (Å²) in [5.41, 5.74) is 13.2. The molecule has 2 fully saturated rings. The molecule has 212 valence electrons. The van der Waals surface area contributed by atoms with Crippen LogP contribution in [0.2, 0.25) is 0 Å². The van der Waals surface area contributed by atoms with Gasteiger partial charge in [-0.1, -0.05) is 30.3 Å². The van der Waals surface area contributed by atoms with E-state index in [4.69, 9.17) is 10.7 Å². The number of anilines is 3. The van der Waals surface area contributed by atoms with E-state index in [9.17, 15) is 4.79 Å². The van der Waals surface area contributed by atoms with Crippen LogP contribution in [0.15, 0.2) is 66.7 Å².